The summed E-state index contributed by atoms with van der Waals surface area (Å²) >= 11 is 0. The summed E-state index contributed by atoms with van der Waals surface area (Å²) in [5, 5.41) is 0. The van der Waals surface area contributed by atoms with Crippen LogP contribution in [0.4, 0.5) is 0 Å². The Balaban J connectivity index is 2.22. The van der Waals surface area contributed by atoms with Crippen molar-refractivity contribution in [2.45, 2.75) is 0 Å². The molecule has 0 saturated carbocycles. The fourth-order valence-corrected chi connectivity index (χ4v) is 1.16. The van der Waals surface area contributed by atoms with Crippen molar-refractivity contribution in [1.82, 2.24) is 4.98 Å². The summed E-state index contributed by atoms with van der Waals surface area (Å²) in [5.41, 5.74) is 2.00. The Morgan fingerprint density at radius 2 is 1.47 bits per heavy atom. The number of hydrogen-bond donors (Lipinski definition) is 0. The first kappa shape index (κ1) is 9.42. The van der Waals surface area contributed by atoms with Crippen LogP contribution in [0, 0.1) is 11.8 Å². The second-order valence-electron chi connectivity index (χ2n) is 3.24. The normalized spacial score (nSPS) is 9.13. The molecule has 0 saturated heterocycles. The molecule has 0 atom stereocenters. The standard InChI is InChI=1S/C13H11N2/c1-15-10-6-13(7-11-15)3-2-12-4-8-14-9-5-12/h4-11H,1H3/q+1. The van der Waals surface area contributed by atoms with Crippen LogP contribution >= 0.6 is 0 Å². The minimum Gasteiger partial charge on any atom is -0.265 e. The maximum absolute atomic E-state index is 3.94. The number of aryl methyl sites for hydroxylation is 1. The van der Waals surface area contributed by atoms with Gasteiger partial charge >= 0.3 is 0 Å². The van der Waals surface area contributed by atoms with Gasteiger partial charge in [-0.15, -0.1) is 0 Å². The molecule has 2 nitrogen and oxygen atoms in total. The molecule has 0 radical (unpaired) electrons. The largest absolute Gasteiger partial charge is 0.265 e. The second kappa shape index (κ2) is 4.39. The average Bonchev–Trinajstić information content (AvgIpc) is 2.30. The average molecular weight is 195 g/mol. The zero-order chi connectivity index (χ0) is 10.5. The highest BCUT2D eigenvalue weighted by Gasteiger charge is 1.90. The molecule has 72 valence electrons. The van der Waals surface area contributed by atoms with E-state index in [0.717, 1.165) is 11.1 Å². The lowest BCUT2D eigenvalue weighted by Crippen LogP contribution is -2.25. The van der Waals surface area contributed by atoms with Crippen molar-refractivity contribution in [3.63, 3.8) is 0 Å². The Bertz CT molecular complexity index is 490. The van der Waals surface area contributed by atoms with Gasteiger partial charge in [-0.3, -0.25) is 4.98 Å². The van der Waals surface area contributed by atoms with Gasteiger partial charge in [0.05, 0.1) is 0 Å². The monoisotopic (exact) mass is 195 g/mol. The fraction of sp³-hybridized carbons (Fsp3) is 0.0769. The van der Waals surface area contributed by atoms with Crippen LogP contribution < -0.4 is 4.57 Å². The van der Waals surface area contributed by atoms with Gasteiger partial charge in [0.15, 0.2) is 12.4 Å². The van der Waals surface area contributed by atoms with E-state index in [2.05, 4.69) is 16.8 Å². The maximum atomic E-state index is 3.94. The molecule has 0 aliphatic carbocycles. The minimum absolute atomic E-state index is 0.984. The molecule has 0 spiro atoms. The van der Waals surface area contributed by atoms with E-state index >= 15 is 0 Å². The van der Waals surface area contributed by atoms with Gasteiger partial charge in [-0.25, -0.2) is 4.57 Å². The summed E-state index contributed by atoms with van der Waals surface area (Å²) in [6.45, 7) is 0. The third-order valence-corrected chi connectivity index (χ3v) is 2.01. The number of aromatic nitrogens is 2. The van der Waals surface area contributed by atoms with Crippen LogP contribution in [0.5, 0.6) is 0 Å². The van der Waals surface area contributed by atoms with Crippen LogP contribution in [0.1, 0.15) is 11.1 Å². The number of hydrogen-bond acceptors (Lipinski definition) is 1. The van der Waals surface area contributed by atoms with Gasteiger partial charge in [0.1, 0.15) is 7.05 Å². The van der Waals surface area contributed by atoms with E-state index in [4.69, 9.17) is 0 Å². The van der Waals surface area contributed by atoms with Crippen molar-refractivity contribution >= 4 is 0 Å². The van der Waals surface area contributed by atoms with Crippen LogP contribution in [0.25, 0.3) is 0 Å². The molecule has 15 heavy (non-hydrogen) atoms. The van der Waals surface area contributed by atoms with Crippen molar-refractivity contribution < 1.29 is 4.57 Å². The summed E-state index contributed by atoms with van der Waals surface area (Å²) in [6, 6.07) is 7.79. The number of pyridine rings is 2. The zero-order valence-corrected chi connectivity index (χ0v) is 8.51. The third kappa shape index (κ3) is 2.65. The Kier molecular flexibility index (Phi) is 2.75. The Morgan fingerprint density at radius 1 is 0.933 bits per heavy atom. The summed E-state index contributed by atoms with van der Waals surface area (Å²) in [7, 11) is 1.99. The second-order valence-corrected chi connectivity index (χ2v) is 3.24. The minimum atomic E-state index is 0.984. The zero-order valence-electron chi connectivity index (χ0n) is 8.51. The van der Waals surface area contributed by atoms with Crippen molar-refractivity contribution in [1.29, 1.82) is 0 Å². The molecule has 0 aromatic carbocycles. The SMILES string of the molecule is C[n+]1ccc(C#Cc2ccncc2)cc1. The van der Waals surface area contributed by atoms with Gasteiger partial charge in [-0.2, -0.15) is 0 Å². The first-order chi connectivity index (χ1) is 7.34. The summed E-state index contributed by atoms with van der Waals surface area (Å²) in [4.78, 5) is 3.94. The predicted molar refractivity (Wildman–Crippen MR) is 57.8 cm³/mol. The molecule has 2 aromatic heterocycles. The van der Waals surface area contributed by atoms with Gasteiger partial charge in [0, 0.05) is 35.7 Å². The van der Waals surface area contributed by atoms with Gasteiger partial charge in [0.2, 0.25) is 0 Å². The molecule has 0 N–H and O–H groups in total. The quantitative estimate of drug-likeness (QED) is 0.457. The fourth-order valence-electron chi connectivity index (χ4n) is 1.16. The van der Waals surface area contributed by atoms with Gasteiger partial charge in [0.25, 0.3) is 0 Å². The third-order valence-electron chi connectivity index (χ3n) is 2.01. The van der Waals surface area contributed by atoms with E-state index in [-0.39, 0.29) is 0 Å². The van der Waals surface area contributed by atoms with E-state index < -0.39 is 0 Å². The van der Waals surface area contributed by atoms with Gasteiger partial charge in [-0.05, 0) is 12.1 Å². The van der Waals surface area contributed by atoms with E-state index in [0.29, 0.717) is 0 Å². The molecule has 0 amide bonds. The molecule has 2 aromatic rings. The highest BCUT2D eigenvalue weighted by atomic mass is 14.9. The van der Waals surface area contributed by atoms with Crippen LogP contribution in [0.15, 0.2) is 49.1 Å². The lowest BCUT2D eigenvalue weighted by Gasteiger charge is -1.88. The summed E-state index contributed by atoms with van der Waals surface area (Å²) in [6.07, 6.45) is 7.46. The predicted octanol–water partition coefficient (Wildman–Crippen LogP) is 1.31. The molecule has 0 fully saturated rings. The molecule has 2 heteroatoms. The lowest BCUT2D eigenvalue weighted by molar-refractivity contribution is -0.671. The van der Waals surface area contributed by atoms with Crippen LogP contribution in [0.3, 0.4) is 0 Å². The van der Waals surface area contributed by atoms with Gasteiger partial charge in [-0.1, -0.05) is 11.8 Å². The van der Waals surface area contributed by atoms with Crippen LogP contribution in [-0.4, -0.2) is 4.98 Å². The van der Waals surface area contributed by atoms with Gasteiger partial charge < -0.3 is 0 Å². The van der Waals surface area contributed by atoms with E-state index in [9.17, 15) is 0 Å². The molecular weight excluding hydrogens is 184 g/mol. The molecular formula is C13H11N2+. The van der Waals surface area contributed by atoms with Crippen molar-refractivity contribution in [3.8, 4) is 11.8 Å². The highest BCUT2D eigenvalue weighted by Crippen LogP contribution is 1.95. The number of nitrogens with zero attached hydrogens (tertiary/aromatic N) is 2. The first-order valence-corrected chi connectivity index (χ1v) is 4.72. The molecule has 0 aliphatic rings. The van der Waals surface area contributed by atoms with Crippen molar-refractivity contribution in [3.05, 3.63) is 60.2 Å². The van der Waals surface area contributed by atoms with Crippen molar-refractivity contribution in [2.75, 3.05) is 0 Å². The Hall–Kier alpha value is -2.14. The van der Waals surface area contributed by atoms with Crippen LogP contribution in [0.2, 0.25) is 0 Å². The topological polar surface area (TPSA) is 16.8 Å². The first-order valence-electron chi connectivity index (χ1n) is 4.72. The lowest BCUT2D eigenvalue weighted by atomic mass is 10.2. The smallest absolute Gasteiger partial charge is 0.169 e. The molecule has 0 aliphatic heterocycles. The number of rotatable bonds is 0. The Labute approximate surface area is 89.2 Å². The molecule has 2 rings (SSSR count). The maximum Gasteiger partial charge on any atom is 0.169 e. The Morgan fingerprint density at radius 3 is 2.07 bits per heavy atom. The highest BCUT2D eigenvalue weighted by molar-refractivity contribution is 5.40. The van der Waals surface area contributed by atoms with E-state index in [1.807, 2.05) is 48.3 Å². The van der Waals surface area contributed by atoms with E-state index in [1.54, 1.807) is 12.4 Å². The van der Waals surface area contributed by atoms with Crippen molar-refractivity contribution in [2.24, 2.45) is 7.05 Å². The molecule has 2 heterocycles. The summed E-state index contributed by atoms with van der Waals surface area (Å²) in [5.74, 6) is 6.18. The molecule has 0 bridgehead atoms. The summed E-state index contributed by atoms with van der Waals surface area (Å²) < 4.78 is 1.98. The molecule has 0 unspecified atom stereocenters. The van der Waals surface area contributed by atoms with E-state index in [1.165, 1.54) is 0 Å². The van der Waals surface area contributed by atoms with Crippen LogP contribution in [-0.2, 0) is 7.05 Å².